The summed E-state index contributed by atoms with van der Waals surface area (Å²) in [6, 6.07) is 10.4. The zero-order chi connectivity index (χ0) is 24.4. The van der Waals surface area contributed by atoms with E-state index in [1.54, 1.807) is 18.2 Å². The fourth-order valence-corrected chi connectivity index (χ4v) is 3.59. The van der Waals surface area contributed by atoms with Gasteiger partial charge in [0.15, 0.2) is 24.7 Å². The van der Waals surface area contributed by atoms with Gasteiger partial charge in [-0.05, 0) is 48.4 Å². The average molecular weight is 480 g/mol. The van der Waals surface area contributed by atoms with Crippen LogP contribution >= 0.6 is 0 Å². The molecule has 0 aliphatic carbocycles. The Morgan fingerprint density at radius 1 is 0.939 bits per heavy atom. The van der Waals surface area contributed by atoms with E-state index in [-0.39, 0.29) is 42.0 Å². The number of nitrogens with two attached hydrogens (primary N) is 1. The van der Waals surface area contributed by atoms with Crippen LogP contribution in [-0.2, 0) is 35.5 Å². The van der Waals surface area contributed by atoms with Gasteiger partial charge in [0.2, 0.25) is 10.0 Å². The molecule has 0 aromatic heterocycles. The molecule has 0 atom stereocenters. The number of carbonyl (C=O) groups excluding carboxylic acids is 2. The molecule has 2 rings (SSSR count). The summed E-state index contributed by atoms with van der Waals surface area (Å²) in [4.78, 5) is 22.8. The zero-order valence-corrected chi connectivity index (χ0v) is 18.9. The minimum atomic E-state index is -3.77. The van der Waals surface area contributed by atoms with Crippen LogP contribution in [0.3, 0.4) is 0 Å². The van der Waals surface area contributed by atoms with Crippen molar-refractivity contribution < 1.29 is 37.0 Å². The van der Waals surface area contributed by atoms with Gasteiger partial charge in [-0.15, -0.1) is 0 Å². The molecule has 2 aromatic rings. The van der Waals surface area contributed by atoms with E-state index in [0.717, 1.165) is 0 Å². The van der Waals surface area contributed by atoms with Crippen LogP contribution in [0.5, 0.6) is 11.5 Å². The Labute approximate surface area is 191 Å². The third-order valence-electron chi connectivity index (χ3n) is 4.34. The Hall–Kier alpha value is -3.64. The van der Waals surface area contributed by atoms with Gasteiger partial charge in [0.05, 0.1) is 19.1 Å². The van der Waals surface area contributed by atoms with Crippen molar-refractivity contribution in [2.24, 2.45) is 5.73 Å². The summed E-state index contributed by atoms with van der Waals surface area (Å²) in [6.45, 7) is -0.653. The number of esters is 2. The van der Waals surface area contributed by atoms with Gasteiger partial charge in [0, 0.05) is 12.1 Å². The number of nitrogen functional groups attached to an aromatic ring is 1. The van der Waals surface area contributed by atoms with E-state index in [1.807, 2.05) is 0 Å². The van der Waals surface area contributed by atoms with Crippen LogP contribution in [0, 0.1) is 5.41 Å². The van der Waals surface area contributed by atoms with Gasteiger partial charge in [-0.2, -0.15) is 0 Å². The fraction of sp³-hybridized carbons (Fsp3) is 0.286. The predicted molar refractivity (Wildman–Crippen MR) is 118 cm³/mol. The van der Waals surface area contributed by atoms with Gasteiger partial charge in [-0.25, -0.2) is 22.7 Å². The molecule has 178 valence electrons. The summed E-state index contributed by atoms with van der Waals surface area (Å²) in [5, 5.41) is 7.37. The number of hydrogen-bond acceptors (Lipinski definition) is 9. The van der Waals surface area contributed by atoms with E-state index < -0.39 is 22.0 Å². The third-order valence-corrected chi connectivity index (χ3v) is 5.81. The largest absolute Gasteiger partial charge is 0.478 e. The molecule has 0 aliphatic heterocycles. The van der Waals surface area contributed by atoms with E-state index in [2.05, 4.69) is 14.2 Å². The van der Waals surface area contributed by atoms with Crippen LogP contribution < -0.4 is 19.9 Å². The average Bonchev–Trinajstić information content (AvgIpc) is 2.81. The molecule has 0 radical (unpaired) electrons. The van der Waals surface area contributed by atoms with Crippen LogP contribution in [0.25, 0.3) is 0 Å². The highest BCUT2D eigenvalue weighted by molar-refractivity contribution is 7.89. The maximum atomic E-state index is 12.5. The topological polar surface area (TPSA) is 167 Å². The Bertz CT molecular complexity index is 1100. The summed E-state index contributed by atoms with van der Waals surface area (Å²) in [5.74, 6) is -0.966. The molecule has 2 aromatic carbocycles. The molecule has 0 saturated heterocycles. The Kier molecular flexibility index (Phi) is 9.18. The Morgan fingerprint density at radius 3 is 2.06 bits per heavy atom. The lowest BCUT2D eigenvalue weighted by Gasteiger charge is -2.13. The van der Waals surface area contributed by atoms with E-state index in [9.17, 15) is 18.0 Å². The molecule has 0 amide bonds. The quantitative estimate of drug-likeness (QED) is 0.224. The van der Waals surface area contributed by atoms with Crippen LogP contribution in [0.2, 0.25) is 0 Å². The SMILES string of the molecule is COC(=O)COc1ccc(CCNS(=O)(=O)c2ccc(C(=N)N)cc2)cc1OCC(=O)OC. The van der Waals surface area contributed by atoms with Gasteiger partial charge >= 0.3 is 11.9 Å². The second-order valence-corrected chi connectivity index (χ2v) is 8.36. The van der Waals surface area contributed by atoms with Gasteiger partial charge in [-0.1, -0.05) is 6.07 Å². The third kappa shape index (κ3) is 7.77. The molecule has 4 N–H and O–H groups in total. The Morgan fingerprint density at radius 2 is 1.52 bits per heavy atom. The smallest absolute Gasteiger partial charge is 0.343 e. The van der Waals surface area contributed by atoms with Crippen molar-refractivity contribution in [2.45, 2.75) is 11.3 Å². The normalized spacial score (nSPS) is 10.8. The lowest BCUT2D eigenvalue weighted by molar-refractivity contribution is -0.144. The molecule has 0 spiro atoms. The monoisotopic (exact) mass is 479 g/mol. The second kappa shape index (κ2) is 11.8. The molecule has 33 heavy (non-hydrogen) atoms. The molecular formula is C21H25N3O8S. The predicted octanol–water partition coefficient (Wildman–Crippen LogP) is 0.595. The first-order chi connectivity index (χ1) is 15.7. The van der Waals surface area contributed by atoms with E-state index in [4.69, 9.17) is 20.6 Å². The van der Waals surface area contributed by atoms with Gasteiger partial charge < -0.3 is 24.7 Å². The van der Waals surface area contributed by atoms with E-state index in [1.165, 1.54) is 38.5 Å². The van der Waals surface area contributed by atoms with Crippen LogP contribution in [-0.4, -0.2) is 60.2 Å². The van der Waals surface area contributed by atoms with Crippen molar-refractivity contribution in [3.63, 3.8) is 0 Å². The molecule has 0 unspecified atom stereocenters. The van der Waals surface area contributed by atoms with Crippen molar-refractivity contribution in [1.29, 1.82) is 5.41 Å². The number of ether oxygens (including phenoxy) is 4. The number of hydrogen-bond donors (Lipinski definition) is 3. The molecule has 12 heteroatoms. The first-order valence-corrected chi connectivity index (χ1v) is 11.1. The first-order valence-electron chi connectivity index (χ1n) is 9.62. The summed E-state index contributed by atoms with van der Waals surface area (Å²) in [7, 11) is -1.32. The lowest BCUT2D eigenvalue weighted by atomic mass is 10.1. The molecule has 11 nitrogen and oxygen atoms in total. The number of amidine groups is 1. The van der Waals surface area contributed by atoms with Crippen LogP contribution in [0.4, 0.5) is 0 Å². The maximum Gasteiger partial charge on any atom is 0.343 e. The van der Waals surface area contributed by atoms with E-state index >= 15 is 0 Å². The van der Waals surface area contributed by atoms with Crippen LogP contribution in [0.15, 0.2) is 47.4 Å². The van der Waals surface area contributed by atoms with Crippen LogP contribution in [0.1, 0.15) is 11.1 Å². The summed E-state index contributed by atoms with van der Waals surface area (Å²) in [5.41, 5.74) is 6.49. The number of benzene rings is 2. The minimum Gasteiger partial charge on any atom is -0.478 e. The summed E-state index contributed by atoms with van der Waals surface area (Å²) >= 11 is 0. The van der Waals surface area contributed by atoms with Crippen molar-refractivity contribution in [1.82, 2.24) is 4.72 Å². The van der Waals surface area contributed by atoms with Gasteiger partial charge in [-0.3, -0.25) is 5.41 Å². The highest BCUT2D eigenvalue weighted by Gasteiger charge is 2.15. The van der Waals surface area contributed by atoms with Crippen molar-refractivity contribution >= 4 is 27.8 Å². The molecule has 0 bridgehead atoms. The molecular weight excluding hydrogens is 454 g/mol. The molecule has 0 heterocycles. The maximum absolute atomic E-state index is 12.5. The first kappa shape index (κ1) is 25.6. The lowest BCUT2D eigenvalue weighted by Crippen LogP contribution is -2.26. The number of sulfonamides is 1. The van der Waals surface area contributed by atoms with Gasteiger partial charge in [0.1, 0.15) is 5.84 Å². The zero-order valence-electron chi connectivity index (χ0n) is 18.1. The number of carbonyl (C=O) groups is 2. The van der Waals surface area contributed by atoms with E-state index in [0.29, 0.717) is 17.5 Å². The fourth-order valence-electron chi connectivity index (χ4n) is 2.56. The van der Waals surface area contributed by atoms with Gasteiger partial charge in [0.25, 0.3) is 0 Å². The number of methoxy groups -OCH3 is 2. The second-order valence-electron chi connectivity index (χ2n) is 6.60. The standard InChI is InChI=1S/C21H25N3O8S/c1-29-19(25)12-31-17-8-3-14(11-18(17)32-13-20(26)30-2)9-10-24-33(27,28)16-6-4-15(5-7-16)21(22)23/h3-8,11,24H,9-10,12-13H2,1-2H3,(H3,22,23). The Balaban J connectivity index is 2.06. The number of nitrogens with one attached hydrogen (secondary N) is 2. The minimum absolute atomic E-state index is 0.0427. The highest BCUT2D eigenvalue weighted by Crippen LogP contribution is 2.29. The van der Waals surface area contributed by atoms with Crippen molar-refractivity contribution in [3.05, 3.63) is 53.6 Å². The summed E-state index contributed by atoms with van der Waals surface area (Å²) < 4.78 is 47.3. The molecule has 0 fully saturated rings. The number of rotatable bonds is 12. The summed E-state index contributed by atoms with van der Waals surface area (Å²) in [6.07, 6.45) is 0.302. The highest BCUT2D eigenvalue weighted by atomic mass is 32.2. The molecule has 0 aliphatic rings. The molecule has 0 saturated carbocycles. The van der Waals surface area contributed by atoms with Crippen molar-refractivity contribution in [2.75, 3.05) is 34.0 Å². The van der Waals surface area contributed by atoms with Crippen molar-refractivity contribution in [3.8, 4) is 11.5 Å².